The van der Waals surface area contributed by atoms with Gasteiger partial charge in [-0.15, -0.1) is 0 Å². The van der Waals surface area contributed by atoms with Gasteiger partial charge in [0.15, 0.2) is 5.78 Å². The number of halogens is 1. The summed E-state index contributed by atoms with van der Waals surface area (Å²) < 4.78 is 12.9. The number of aliphatic hydroxyl groups is 1. The van der Waals surface area contributed by atoms with Crippen LogP contribution in [0.5, 0.6) is 0 Å². The van der Waals surface area contributed by atoms with Gasteiger partial charge in [0.1, 0.15) is 5.82 Å². The summed E-state index contributed by atoms with van der Waals surface area (Å²) in [6, 6.07) is 3.97. The minimum absolute atomic E-state index is 0.123. The molecule has 1 aromatic rings. The molecule has 0 bridgehead atoms. The fourth-order valence-corrected chi connectivity index (χ4v) is 1.13. The van der Waals surface area contributed by atoms with Crippen molar-refractivity contribution in [2.75, 3.05) is 13.6 Å². The Hall–Kier alpha value is -1.26. The highest BCUT2D eigenvalue weighted by molar-refractivity contribution is 5.97. The maximum Gasteiger partial charge on any atom is 0.176 e. The maximum atomic E-state index is 12.9. The third-order valence-corrected chi connectivity index (χ3v) is 1.88. The molecule has 0 aromatic heterocycles. The Kier molecular flexibility index (Phi) is 3.73. The lowest BCUT2D eigenvalue weighted by Crippen LogP contribution is -2.18. The van der Waals surface area contributed by atoms with Crippen LogP contribution in [-0.4, -0.2) is 24.5 Å². The van der Waals surface area contributed by atoms with Crippen molar-refractivity contribution in [2.24, 2.45) is 0 Å². The Morgan fingerprint density at radius 1 is 1.57 bits per heavy atom. The Morgan fingerprint density at radius 2 is 2.29 bits per heavy atom. The molecule has 0 aliphatic heterocycles. The van der Waals surface area contributed by atoms with Gasteiger partial charge in [-0.1, -0.05) is 0 Å². The molecule has 3 nitrogen and oxygen atoms in total. The van der Waals surface area contributed by atoms with Gasteiger partial charge in [0.05, 0.1) is 13.2 Å². The smallest absolute Gasteiger partial charge is 0.176 e. The number of nitrogens with one attached hydrogen (secondary N) is 1. The lowest BCUT2D eigenvalue weighted by atomic mass is 10.1. The average molecular weight is 197 g/mol. The van der Waals surface area contributed by atoms with E-state index in [9.17, 15) is 9.18 Å². The van der Waals surface area contributed by atoms with Gasteiger partial charge in [-0.05, 0) is 25.2 Å². The van der Waals surface area contributed by atoms with E-state index in [1.54, 1.807) is 7.05 Å². The van der Waals surface area contributed by atoms with E-state index >= 15 is 0 Å². The topological polar surface area (TPSA) is 49.3 Å². The van der Waals surface area contributed by atoms with Gasteiger partial charge in [0, 0.05) is 11.1 Å². The number of aliphatic hydroxyl groups excluding tert-OH is 1. The first-order valence-electron chi connectivity index (χ1n) is 4.26. The van der Waals surface area contributed by atoms with Crippen LogP contribution in [0.2, 0.25) is 0 Å². The second-order valence-electron chi connectivity index (χ2n) is 2.92. The molecule has 0 spiro atoms. The first kappa shape index (κ1) is 10.8. The molecule has 0 fully saturated rings. The number of hydrogen-bond acceptors (Lipinski definition) is 3. The lowest BCUT2D eigenvalue weighted by molar-refractivity contribution is 0.0993. The summed E-state index contributed by atoms with van der Waals surface area (Å²) in [5.41, 5.74) is 0.553. The summed E-state index contributed by atoms with van der Waals surface area (Å²) in [6.07, 6.45) is 0. The van der Waals surface area contributed by atoms with Crippen LogP contribution >= 0.6 is 0 Å². The average Bonchev–Trinajstić information content (AvgIpc) is 2.19. The van der Waals surface area contributed by atoms with Gasteiger partial charge in [0.25, 0.3) is 0 Å². The highest BCUT2D eigenvalue weighted by Crippen LogP contribution is 2.10. The van der Waals surface area contributed by atoms with Crippen LogP contribution in [-0.2, 0) is 6.61 Å². The SMILES string of the molecule is CNCC(=O)c1ccc(F)c(CO)c1. The predicted octanol–water partition coefficient (Wildman–Crippen LogP) is 0.720. The zero-order valence-electron chi connectivity index (χ0n) is 7.88. The van der Waals surface area contributed by atoms with Crippen molar-refractivity contribution < 1.29 is 14.3 Å². The minimum atomic E-state index is -0.492. The number of rotatable bonds is 4. The molecule has 4 heteroatoms. The third-order valence-electron chi connectivity index (χ3n) is 1.88. The molecule has 0 heterocycles. The Morgan fingerprint density at radius 3 is 2.86 bits per heavy atom. The zero-order valence-corrected chi connectivity index (χ0v) is 7.88. The van der Waals surface area contributed by atoms with Crippen LogP contribution in [0.1, 0.15) is 15.9 Å². The van der Waals surface area contributed by atoms with Gasteiger partial charge < -0.3 is 10.4 Å². The van der Waals surface area contributed by atoms with Gasteiger partial charge in [0.2, 0.25) is 0 Å². The Balaban J connectivity index is 2.94. The van der Waals surface area contributed by atoms with Crippen LogP contribution in [0.4, 0.5) is 4.39 Å². The molecule has 0 unspecified atom stereocenters. The van der Waals surface area contributed by atoms with Gasteiger partial charge in [-0.2, -0.15) is 0 Å². The van der Waals surface area contributed by atoms with Crippen molar-refractivity contribution >= 4 is 5.78 Å². The highest BCUT2D eigenvalue weighted by atomic mass is 19.1. The quantitative estimate of drug-likeness (QED) is 0.699. The zero-order chi connectivity index (χ0) is 10.6. The van der Waals surface area contributed by atoms with E-state index in [2.05, 4.69) is 5.32 Å². The number of hydrogen-bond donors (Lipinski definition) is 2. The van der Waals surface area contributed by atoms with Gasteiger partial charge >= 0.3 is 0 Å². The molecular formula is C10H12FNO2. The maximum absolute atomic E-state index is 12.9. The van der Waals surface area contributed by atoms with E-state index in [1.165, 1.54) is 18.2 Å². The summed E-state index contributed by atoms with van der Waals surface area (Å²) in [4.78, 5) is 11.4. The number of carbonyl (C=O) groups is 1. The molecule has 0 radical (unpaired) electrons. The number of benzene rings is 1. The van der Waals surface area contributed by atoms with Crippen LogP contribution < -0.4 is 5.32 Å². The molecular weight excluding hydrogens is 185 g/mol. The highest BCUT2D eigenvalue weighted by Gasteiger charge is 2.08. The van der Waals surface area contributed by atoms with Crippen molar-refractivity contribution in [3.05, 3.63) is 35.1 Å². The predicted molar refractivity (Wildman–Crippen MR) is 50.6 cm³/mol. The minimum Gasteiger partial charge on any atom is -0.392 e. The van der Waals surface area contributed by atoms with Crippen LogP contribution in [0.15, 0.2) is 18.2 Å². The molecule has 0 aliphatic rings. The normalized spacial score (nSPS) is 10.2. The molecule has 2 N–H and O–H groups in total. The summed E-state index contributed by atoms with van der Waals surface area (Å²) in [6.45, 7) is -0.191. The second-order valence-corrected chi connectivity index (χ2v) is 2.92. The van der Waals surface area contributed by atoms with Crippen LogP contribution in [0, 0.1) is 5.82 Å². The number of ketones is 1. The summed E-state index contributed by atoms with van der Waals surface area (Å²) in [5.74, 6) is -0.615. The van der Waals surface area contributed by atoms with Crippen molar-refractivity contribution in [1.29, 1.82) is 0 Å². The molecule has 0 saturated carbocycles. The lowest BCUT2D eigenvalue weighted by Gasteiger charge is -2.03. The molecule has 0 amide bonds. The monoisotopic (exact) mass is 197 g/mol. The molecule has 76 valence electrons. The van der Waals surface area contributed by atoms with Crippen LogP contribution in [0.25, 0.3) is 0 Å². The number of Topliss-reactive ketones (excluding diaryl/α,β-unsaturated/α-hetero) is 1. The summed E-state index contributed by atoms with van der Waals surface area (Å²) >= 11 is 0. The number of carbonyl (C=O) groups excluding carboxylic acids is 1. The summed E-state index contributed by atoms with van der Waals surface area (Å²) in [7, 11) is 1.66. The van der Waals surface area contributed by atoms with Crippen molar-refractivity contribution in [3.8, 4) is 0 Å². The van der Waals surface area contributed by atoms with Gasteiger partial charge in [-0.3, -0.25) is 4.79 Å². The molecule has 0 saturated heterocycles. The Labute approximate surface area is 81.6 Å². The molecule has 14 heavy (non-hydrogen) atoms. The fourth-order valence-electron chi connectivity index (χ4n) is 1.13. The van der Waals surface area contributed by atoms with E-state index in [0.29, 0.717) is 5.56 Å². The van der Waals surface area contributed by atoms with Crippen molar-refractivity contribution in [1.82, 2.24) is 5.32 Å². The van der Waals surface area contributed by atoms with Crippen molar-refractivity contribution in [2.45, 2.75) is 6.61 Å². The fraction of sp³-hybridized carbons (Fsp3) is 0.300. The molecule has 1 aromatic carbocycles. The molecule has 0 aliphatic carbocycles. The second kappa shape index (κ2) is 4.83. The van der Waals surface area contributed by atoms with E-state index in [-0.39, 0.29) is 17.9 Å². The molecule has 1 rings (SSSR count). The first-order valence-corrected chi connectivity index (χ1v) is 4.26. The molecule has 0 atom stereocenters. The Bertz CT molecular complexity index is 339. The van der Waals surface area contributed by atoms with E-state index in [0.717, 1.165) is 0 Å². The van der Waals surface area contributed by atoms with Gasteiger partial charge in [-0.25, -0.2) is 4.39 Å². The van der Waals surface area contributed by atoms with E-state index < -0.39 is 12.4 Å². The van der Waals surface area contributed by atoms with E-state index in [4.69, 9.17) is 5.11 Å². The third kappa shape index (κ3) is 2.37. The largest absolute Gasteiger partial charge is 0.392 e. The summed E-state index contributed by atoms with van der Waals surface area (Å²) in [5, 5.41) is 11.5. The van der Waals surface area contributed by atoms with Crippen LogP contribution in [0.3, 0.4) is 0 Å². The standard InChI is InChI=1S/C10H12FNO2/c1-12-5-10(14)7-2-3-9(11)8(4-7)6-13/h2-4,12-13H,5-6H2,1H3. The van der Waals surface area contributed by atoms with Crippen molar-refractivity contribution in [3.63, 3.8) is 0 Å². The van der Waals surface area contributed by atoms with E-state index in [1.807, 2.05) is 0 Å². The first-order chi connectivity index (χ1) is 6.69. The number of likely N-dealkylation sites (N-methyl/N-ethyl adjacent to an activating group) is 1.